The predicted octanol–water partition coefficient (Wildman–Crippen LogP) is 2.60. The lowest BCUT2D eigenvalue weighted by Crippen LogP contribution is -2.28. The molecule has 0 spiro atoms. The minimum Gasteiger partial charge on any atom is -0.383 e. The summed E-state index contributed by atoms with van der Waals surface area (Å²) in [5, 5.41) is 6.67. The molecule has 0 saturated carbocycles. The highest BCUT2D eigenvalue weighted by Gasteiger charge is 2.02. The van der Waals surface area contributed by atoms with Crippen molar-refractivity contribution in [2.24, 2.45) is 0 Å². The molecule has 0 saturated heterocycles. The zero-order valence-corrected chi connectivity index (χ0v) is 13.2. The Balaban J connectivity index is 2.03. The van der Waals surface area contributed by atoms with Crippen molar-refractivity contribution < 1.29 is 4.74 Å². The Hall–Kier alpha value is 0.540. The molecule has 1 aromatic rings. The lowest BCUT2D eigenvalue weighted by molar-refractivity contribution is 0.199. The van der Waals surface area contributed by atoms with Gasteiger partial charge in [0, 0.05) is 42.6 Å². The van der Waals surface area contributed by atoms with Crippen molar-refractivity contribution in [3.8, 4) is 0 Å². The van der Waals surface area contributed by atoms with Crippen molar-refractivity contribution in [1.29, 1.82) is 0 Å². The van der Waals surface area contributed by atoms with E-state index in [1.807, 2.05) is 0 Å². The van der Waals surface area contributed by atoms with E-state index in [0.29, 0.717) is 0 Å². The first-order valence-corrected chi connectivity index (χ1v) is 7.48. The molecule has 0 aliphatic carbocycles. The summed E-state index contributed by atoms with van der Waals surface area (Å²) in [5.74, 6) is 0. The van der Waals surface area contributed by atoms with Gasteiger partial charge in [0.1, 0.15) is 0 Å². The SMILES string of the molecule is COCCNCCNCc1cc(Br)c(Br)s1. The Bertz CT molecular complexity index is 288. The zero-order valence-electron chi connectivity index (χ0n) is 9.19. The fourth-order valence-electron chi connectivity index (χ4n) is 1.17. The molecule has 1 heterocycles. The van der Waals surface area contributed by atoms with Gasteiger partial charge in [0.05, 0.1) is 10.4 Å². The Morgan fingerprint density at radius 2 is 2.00 bits per heavy atom. The maximum atomic E-state index is 4.94. The van der Waals surface area contributed by atoms with Crippen LogP contribution in [0.15, 0.2) is 14.3 Å². The summed E-state index contributed by atoms with van der Waals surface area (Å²) in [7, 11) is 1.71. The number of halogens is 2. The van der Waals surface area contributed by atoms with Crippen molar-refractivity contribution in [1.82, 2.24) is 10.6 Å². The molecule has 6 heteroatoms. The topological polar surface area (TPSA) is 33.3 Å². The van der Waals surface area contributed by atoms with Crippen molar-refractivity contribution >= 4 is 43.2 Å². The highest BCUT2D eigenvalue weighted by Crippen LogP contribution is 2.32. The number of thiophene rings is 1. The first-order chi connectivity index (χ1) is 7.74. The van der Waals surface area contributed by atoms with Crippen LogP contribution in [0.2, 0.25) is 0 Å². The van der Waals surface area contributed by atoms with Crippen LogP contribution in [0, 0.1) is 0 Å². The minimum atomic E-state index is 0.769. The van der Waals surface area contributed by atoms with Crippen LogP contribution < -0.4 is 10.6 Å². The van der Waals surface area contributed by atoms with Crippen LogP contribution in [0.3, 0.4) is 0 Å². The monoisotopic (exact) mass is 370 g/mol. The van der Waals surface area contributed by atoms with Gasteiger partial charge in [0.25, 0.3) is 0 Å². The number of rotatable bonds is 8. The summed E-state index contributed by atoms with van der Waals surface area (Å²) in [5.41, 5.74) is 0. The standard InChI is InChI=1S/C10H16Br2N2OS/c1-15-5-4-13-2-3-14-7-8-6-9(11)10(12)16-8/h6,13-14H,2-5,7H2,1H3. The van der Waals surface area contributed by atoms with E-state index in [4.69, 9.17) is 4.74 Å². The second-order valence-corrected chi connectivity index (χ2v) is 6.56. The largest absolute Gasteiger partial charge is 0.383 e. The van der Waals surface area contributed by atoms with Crippen molar-refractivity contribution in [2.75, 3.05) is 33.4 Å². The molecule has 2 N–H and O–H groups in total. The molecule has 0 aromatic carbocycles. The fraction of sp³-hybridized carbons (Fsp3) is 0.600. The molecule has 0 aliphatic heterocycles. The Kier molecular flexibility index (Phi) is 7.85. The van der Waals surface area contributed by atoms with E-state index in [0.717, 1.165) is 41.0 Å². The number of hydrogen-bond acceptors (Lipinski definition) is 4. The van der Waals surface area contributed by atoms with Crippen molar-refractivity contribution in [3.63, 3.8) is 0 Å². The van der Waals surface area contributed by atoms with E-state index in [1.54, 1.807) is 18.4 Å². The third-order valence-electron chi connectivity index (χ3n) is 1.96. The first-order valence-electron chi connectivity index (χ1n) is 5.08. The van der Waals surface area contributed by atoms with Gasteiger partial charge in [-0.15, -0.1) is 11.3 Å². The molecule has 0 unspecified atom stereocenters. The smallest absolute Gasteiger partial charge is 0.0843 e. The summed E-state index contributed by atoms with van der Waals surface area (Å²) in [4.78, 5) is 1.33. The van der Waals surface area contributed by atoms with Gasteiger partial charge in [-0.25, -0.2) is 0 Å². The summed E-state index contributed by atoms with van der Waals surface area (Å²) in [6, 6.07) is 2.14. The van der Waals surface area contributed by atoms with Gasteiger partial charge in [-0.1, -0.05) is 0 Å². The molecule has 16 heavy (non-hydrogen) atoms. The average Bonchev–Trinajstić information content (AvgIpc) is 2.57. The number of hydrogen-bond donors (Lipinski definition) is 2. The molecule has 3 nitrogen and oxygen atoms in total. The van der Waals surface area contributed by atoms with Crippen LogP contribution in [-0.4, -0.2) is 33.4 Å². The van der Waals surface area contributed by atoms with Gasteiger partial charge < -0.3 is 15.4 Å². The summed E-state index contributed by atoms with van der Waals surface area (Å²) >= 11 is 8.71. The predicted molar refractivity (Wildman–Crippen MR) is 76.2 cm³/mol. The van der Waals surface area contributed by atoms with Gasteiger partial charge in [-0.05, 0) is 37.9 Å². The van der Waals surface area contributed by atoms with E-state index >= 15 is 0 Å². The van der Waals surface area contributed by atoms with Gasteiger partial charge in [-0.3, -0.25) is 0 Å². The Morgan fingerprint density at radius 1 is 1.25 bits per heavy atom. The van der Waals surface area contributed by atoms with Crippen LogP contribution in [0.25, 0.3) is 0 Å². The van der Waals surface area contributed by atoms with Crippen LogP contribution >= 0.6 is 43.2 Å². The second-order valence-electron chi connectivity index (χ2n) is 3.25. The summed E-state index contributed by atoms with van der Waals surface area (Å²) < 4.78 is 7.23. The molecule has 0 aliphatic rings. The average molecular weight is 372 g/mol. The van der Waals surface area contributed by atoms with E-state index < -0.39 is 0 Å². The highest BCUT2D eigenvalue weighted by molar-refractivity contribution is 9.13. The zero-order chi connectivity index (χ0) is 11.8. The van der Waals surface area contributed by atoms with Gasteiger partial charge >= 0.3 is 0 Å². The van der Waals surface area contributed by atoms with E-state index in [1.165, 1.54) is 4.88 Å². The summed E-state index contributed by atoms with van der Waals surface area (Å²) in [6.07, 6.45) is 0. The van der Waals surface area contributed by atoms with E-state index in [9.17, 15) is 0 Å². The lowest BCUT2D eigenvalue weighted by atomic mass is 10.4. The molecule has 92 valence electrons. The molecular formula is C10H16Br2N2OS. The third-order valence-corrected chi connectivity index (χ3v) is 5.21. The van der Waals surface area contributed by atoms with E-state index in [-0.39, 0.29) is 0 Å². The molecule has 1 aromatic heterocycles. The van der Waals surface area contributed by atoms with Crippen LogP contribution in [0.4, 0.5) is 0 Å². The molecule has 0 radical (unpaired) electrons. The second kappa shape index (κ2) is 8.60. The molecule has 1 rings (SSSR count). The van der Waals surface area contributed by atoms with Crippen LogP contribution in [0.5, 0.6) is 0 Å². The molecule has 0 fully saturated rings. The first kappa shape index (κ1) is 14.6. The Morgan fingerprint density at radius 3 is 2.62 bits per heavy atom. The number of ether oxygens (including phenoxy) is 1. The van der Waals surface area contributed by atoms with Gasteiger partial charge in [0.2, 0.25) is 0 Å². The number of nitrogens with one attached hydrogen (secondary N) is 2. The summed E-state index contributed by atoms with van der Waals surface area (Å²) in [6.45, 7) is 4.54. The van der Waals surface area contributed by atoms with Gasteiger partial charge in [-0.2, -0.15) is 0 Å². The quantitative estimate of drug-likeness (QED) is 0.689. The molecule has 0 bridgehead atoms. The molecule has 0 atom stereocenters. The lowest BCUT2D eigenvalue weighted by Gasteiger charge is -2.04. The fourth-order valence-corrected chi connectivity index (χ4v) is 3.31. The van der Waals surface area contributed by atoms with Crippen molar-refractivity contribution in [3.05, 3.63) is 19.2 Å². The van der Waals surface area contributed by atoms with E-state index in [2.05, 4.69) is 48.6 Å². The molecular weight excluding hydrogens is 356 g/mol. The number of methoxy groups -OCH3 is 1. The van der Waals surface area contributed by atoms with Gasteiger partial charge in [0.15, 0.2) is 0 Å². The minimum absolute atomic E-state index is 0.769. The maximum absolute atomic E-state index is 4.94. The Labute approximate surface area is 117 Å². The van der Waals surface area contributed by atoms with Crippen LogP contribution in [-0.2, 0) is 11.3 Å². The maximum Gasteiger partial charge on any atom is 0.0843 e. The van der Waals surface area contributed by atoms with Crippen molar-refractivity contribution in [2.45, 2.75) is 6.54 Å². The molecule has 0 amide bonds. The van der Waals surface area contributed by atoms with Crippen LogP contribution in [0.1, 0.15) is 4.88 Å². The highest BCUT2D eigenvalue weighted by atomic mass is 79.9. The normalized spacial score (nSPS) is 10.9. The third kappa shape index (κ3) is 5.75.